The molecule has 1 amide bonds. The van der Waals surface area contributed by atoms with Gasteiger partial charge in [0.1, 0.15) is 10.6 Å². The molecule has 0 unspecified atom stereocenters. The minimum absolute atomic E-state index is 0.0236. The summed E-state index contributed by atoms with van der Waals surface area (Å²) in [5.74, 6) is -0.489. The van der Waals surface area contributed by atoms with Gasteiger partial charge in [-0.25, -0.2) is 22.5 Å². The molecule has 1 aliphatic heterocycles. The third-order valence-electron chi connectivity index (χ3n) is 5.02. The zero-order valence-corrected chi connectivity index (χ0v) is 17.9. The van der Waals surface area contributed by atoms with E-state index in [2.05, 4.69) is 5.10 Å². The van der Waals surface area contributed by atoms with Crippen molar-refractivity contribution < 1.29 is 17.6 Å². The second kappa shape index (κ2) is 7.19. The summed E-state index contributed by atoms with van der Waals surface area (Å²) in [4.78, 5) is 14.6. The molecule has 154 valence electrons. The highest BCUT2D eigenvalue weighted by atomic mass is 32.2. The summed E-state index contributed by atoms with van der Waals surface area (Å²) < 4.78 is 38.8. The Morgan fingerprint density at radius 3 is 2.55 bits per heavy atom. The van der Waals surface area contributed by atoms with E-state index in [1.807, 2.05) is 6.92 Å². The Bertz CT molecular complexity index is 1180. The van der Waals surface area contributed by atoms with Gasteiger partial charge < -0.3 is 0 Å². The molecule has 1 atom stereocenters. The third-order valence-corrected chi connectivity index (χ3v) is 7.87. The summed E-state index contributed by atoms with van der Waals surface area (Å²) in [7, 11) is 0.357. The molecule has 0 radical (unpaired) electrons. The van der Waals surface area contributed by atoms with E-state index in [0.29, 0.717) is 17.0 Å². The van der Waals surface area contributed by atoms with Crippen molar-refractivity contribution in [3.05, 3.63) is 46.7 Å². The average molecular weight is 437 g/mol. The van der Waals surface area contributed by atoms with Gasteiger partial charge in [0, 0.05) is 19.5 Å². The van der Waals surface area contributed by atoms with Crippen molar-refractivity contribution in [1.29, 1.82) is 0 Å². The Kier molecular flexibility index (Phi) is 4.96. The third kappa shape index (κ3) is 3.67. The molecule has 7 nitrogen and oxygen atoms in total. The largest absolute Gasteiger partial charge is 0.278 e. The van der Waals surface area contributed by atoms with Gasteiger partial charge in [-0.1, -0.05) is 0 Å². The number of benzene rings is 1. The highest BCUT2D eigenvalue weighted by molar-refractivity contribution is 7.91. The van der Waals surface area contributed by atoms with Gasteiger partial charge >= 0.3 is 0 Å². The Balaban J connectivity index is 1.73. The smallest absolute Gasteiger partial charge is 0.267 e. The Labute approximate surface area is 172 Å². The van der Waals surface area contributed by atoms with Crippen LogP contribution in [0, 0.1) is 12.7 Å². The van der Waals surface area contributed by atoms with Crippen LogP contribution in [0.25, 0.3) is 15.9 Å². The molecular formula is C19H21FN4O3S2. The Morgan fingerprint density at radius 2 is 1.97 bits per heavy atom. The molecule has 3 aromatic rings. The van der Waals surface area contributed by atoms with Gasteiger partial charge in [0.05, 0.1) is 33.8 Å². The van der Waals surface area contributed by atoms with Crippen LogP contribution in [0.15, 0.2) is 30.3 Å². The molecule has 4 rings (SSSR count). The SMILES string of the molecule is Cc1nn(-c2ccc(F)cc2)c2sc(C(=O)N([C@@H]3CCS(=O)(=O)C3)N(C)C)cc12. The highest BCUT2D eigenvalue weighted by Gasteiger charge is 2.37. The Hall–Kier alpha value is -2.30. The van der Waals surface area contributed by atoms with Crippen molar-refractivity contribution in [1.82, 2.24) is 19.8 Å². The summed E-state index contributed by atoms with van der Waals surface area (Å²) in [5, 5.41) is 8.54. The summed E-state index contributed by atoms with van der Waals surface area (Å²) in [6.07, 6.45) is 0.430. The number of rotatable bonds is 4. The first-order valence-corrected chi connectivity index (χ1v) is 11.8. The van der Waals surface area contributed by atoms with Gasteiger partial charge in [0.2, 0.25) is 0 Å². The van der Waals surface area contributed by atoms with Crippen LogP contribution in [0.5, 0.6) is 0 Å². The van der Waals surface area contributed by atoms with Crippen LogP contribution in [-0.2, 0) is 9.84 Å². The lowest BCUT2D eigenvalue weighted by atomic mass is 10.2. The van der Waals surface area contributed by atoms with Crippen LogP contribution in [0.3, 0.4) is 0 Å². The van der Waals surface area contributed by atoms with E-state index in [-0.39, 0.29) is 29.3 Å². The topological polar surface area (TPSA) is 75.5 Å². The van der Waals surface area contributed by atoms with E-state index in [1.165, 1.54) is 28.5 Å². The van der Waals surface area contributed by atoms with Crippen LogP contribution < -0.4 is 0 Å². The monoisotopic (exact) mass is 436 g/mol. The predicted molar refractivity (Wildman–Crippen MR) is 111 cm³/mol. The lowest BCUT2D eigenvalue weighted by Gasteiger charge is -2.33. The van der Waals surface area contributed by atoms with E-state index in [0.717, 1.165) is 15.9 Å². The molecule has 29 heavy (non-hydrogen) atoms. The first-order valence-electron chi connectivity index (χ1n) is 9.12. The fourth-order valence-electron chi connectivity index (χ4n) is 3.67. The summed E-state index contributed by atoms with van der Waals surface area (Å²) in [6.45, 7) is 1.86. The fourth-order valence-corrected chi connectivity index (χ4v) is 6.47. The lowest BCUT2D eigenvalue weighted by Crippen LogP contribution is -2.49. The maximum atomic E-state index is 13.3. The Morgan fingerprint density at radius 1 is 1.28 bits per heavy atom. The molecule has 0 bridgehead atoms. The van der Waals surface area contributed by atoms with E-state index in [4.69, 9.17) is 0 Å². The number of carbonyl (C=O) groups excluding carboxylic acids is 1. The molecule has 1 saturated heterocycles. The van der Waals surface area contributed by atoms with Gasteiger partial charge in [0.25, 0.3) is 5.91 Å². The predicted octanol–water partition coefficient (Wildman–Crippen LogP) is 2.64. The maximum absolute atomic E-state index is 13.3. The number of carbonyl (C=O) groups is 1. The molecule has 0 spiro atoms. The number of hydrogen-bond acceptors (Lipinski definition) is 6. The van der Waals surface area contributed by atoms with Gasteiger partial charge in [-0.2, -0.15) is 5.10 Å². The quantitative estimate of drug-likeness (QED) is 0.588. The minimum Gasteiger partial charge on any atom is -0.267 e. The maximum Gasteiger partial charge on any atom is 0.278 e. The van der Waals surface area contributed by atoms with Gasteiger partial charge in [-0.15, -0.1) is 11.3 Å². The molecule has 0 saturated carbocycles. The van der Waals surface area contributed by atoms with Crippen molar-refractivity contribution in [2.24, 2.45) is 0 Å². The molecule has 10 heteroatoms. The van der Waals surface area contributed by atoms with Crippen molar-refractivity contribution >= 4 is 37.3 Å². The molecule has 1 aliphatic rings. The van der Waals surface area contributed by atoms with Crippen LogP contribution >= 0.6 is 11.3 Å². The number of nitrogens with zero attached hydrogens (tertiary/aromatic N) is 4. The molecule has 0 N–H and O–H groups in total. The van der Waals surface area contributed by atoms with Crippen LogP contribution in [0.2, 0.25) is 0 Å². The minimum atomic E-state index is -3.12. The number of aryl methyl sites for hydroxylation is 1. The first-order chi connectivity index (χ1) is 13.7. The number of fused-ring (bicyclic) bond motifs is 1. The van der Waals surface area contributed by atoms with E-state index < -0.39 is 9.84 Å². The van der Waals surface area contributed by atoms with Crippen LogP contribution in [0.4, 0.5) is 4.39 Å². The number of hydrazine groups is 1. The number of sulfone groups is 1. The fraction of sp³-hybridized carbons (Fsp3) is 0.368. The van der Waals surface area contributed by atoms with Crippen LogP contribution in [0.1, 0.15) is 21.8 Å². The van der Waals surface area contributed by atoms with E-state index in [1.54, 1.807) is 42.0 Å². The van der Waals surface area contributed by atoms with Crippen molar-refractivity contribution in [2.45, 2.75) is 19.4 Å². The van der Waals surface area contributed by atoms with Crippen molar-refractivity contribution in [3.63, 3.8) is 0 Å². The van der Waals surface area contributed by atoms with Gasteiger partial charge in [0.15, 0.2) is 9.84 Å². The number of aromatic nitrogens is 2. The number of amides is 1. The number of hydrogen-bond donors (Lipinski definition) is 0. The zero-order chi connectivity index (χ0) is 20.9. The second-order valence-electron chi connectivity index (χ2n) is 7.36. The molecule has 2 aromatic heterocycles. The highest BCUT2D eigenvalue weighted by Crippen LogP contribution is 2.32. The van der Waals surface area contributed by atoms with E-state index in [9.17, 15) is 17.6 Å². The first kappa shape index (κ1) is 20.0. The summed E-state index contributed by atoms with van der Waals surface area (Å²) >= 11 is 1.30. The number of halogens is 1. The second-order valence-corrected chi connectivity index (χ2v) is 10.6. The summed E-state index contributed by atoms with van der Waals surface area (Å²) in [6, 6.07) is 7.43. The molecule has 1 aromatic carbocycles. The van der Waals surface area contributed by atoms with Crippen LogP contribution in [-0.4, -0.2) is 65.8 Å². The standard InChI is InChI=1S/C19H21FN4O3S2/c1-12-16-10-17(18(25)24(22(2)3)15-8-9-29(26,27)11-15)28-19(16)23(21-12)14-6-4-13(20)5-7-14/h4-7,10,15H,8-9,11H2,1-3H3/t15-/m1/s1. The molecular weight excluding hydrogens is 415 g/mol. The normalized spacial score (nSPS) is 18.6. The van der Waals surface area contributed by atoms with Crippen molar-refractivity contribution in [2.75, 3.05) is 25.6 Å². The lowest BCUT2D eigenvalue weighted by molar-refractivity contribution is 0.00148. The molecule has 3 heterocycles. The van der Waals surface area contributed by atoms with Gasteiger partial charge in [-0.05, 0) is 43.7 Å². The van der Waals surface area contributed by atoms with Crippen molar-refractivity contribution in [3.8, 4) is 5.69 Å². The number of thiophene rings is 1. The summed E-state index contributed by atoms with van der Waals surface area (Å²) in [5.41, 5.74) is 1.47. The molecule has 0 aliphatic carbocycles. The molecule has 1 fully saturated rings. The zero-order valence-electron chi connectivity index (χ0n) is 16.3. The van der Waals surface area contributed by atoms with E-state index >= 15 is 0 Å². The average Bonchev–Trinajstić information content (AvgIpc) is 3.31. The van der Waals surface area contributed by atoms with Gasteiger partial charge in [-0.3, -0.25) is 9.80 Å².